The van der Waals surface area contributed by atoms with E-state index in [1.165, 1.54) is 17.7 Å². The van der Waals surface area contributed by atoms with Crippen LogP contribution >= 0.6 is 35.3 Å². The van der Waals surface area contributed by atoms with E-state index in [1.54, 1.807) is 11.3 Å². The summed E-state index contributed by atoms with van der Waals surface area (Å²) in [7, 11) is 0. The zero-order valence-electron chi connectivity index (χ0n) is 13.6. The molecule has 0 aliphatic heterocycles. The molecule has 0 amide bonds. The third-order valence-corrected chi connectivity index (χ3v) is 4.76. The average molecular weight is 457 g/mol. The smallest absolute Gasteiger partial charge is 0.188 e. The number of para-hydroxylation sites is 1. The number of aliphatic imine (C=N–C) groups is 1. The third-order valence-electron chi connectivity index (χ3n) is 3.82. The molecule has 4 nitrogen and oxygen atoms in total. The van der Waals surface area contributed by atoms with Gasteiger partial charge in [0.1, 0.15) is 5.75 Å². The fraction of sp³-hybridized carbons (Fsp3) is 0.389. The van der Waals surface area contributed by atoms with Gasteiger partial charge in [-0.25, -0.2) is 4.99 Å². The topological polar surface area (TPSA) is 59.6 Å². The van der Waals surface area contributed by atoms with Gasteiger partial charge in [-0.1, -0.05) is 24.3 Å². The normalized spacial score (nSPS) is 14.1. The predicted octanol–water partition coefficient (Wildman–Crippen LogP) is 3.80. The summed E-state index contributed by atoms with van der Waals surface area (Å²) in [6.07, 6.45) is 3.55. The molecule has 1 aliphatic rings. The molecule has 6 heteroatoms. The van der Waals surface area contributed by atoms with Crippen molar-refractivity contribution < 1.29 is 4.74 Å². The van der Waals surface area contributed by atoms with Gasteiger partial charge < -0.3 is 15.8 Å². The number of nitrogens with zero attached hydrogens (tertiary/aromatic N) is 1. The molecule has 130 valence electrons. The Balaban J connectivity index is 0.00000208. The van der Waals surface area contributed by atoms with Crippen molar-refractivity contribution in [3.05, 3.63) is 52.2 Å². The minimum Gasteiger partial charge on any atom is -0.493 e. The lowest BCUT2D eigenvalue weighted by molar-refractivity contribution is 0.297. The SMILES string of the molecule is I.NC(=NCc1ccccc1OCC1CC1)NCCc1cccs1. The molecule has 0 spiro atoms. The number of hydrogen-bond donors (Lipinski definition) is 2. The van der Waals surface area contributed by atoms with Crippen LogP contribution in [0.3, 0.4) is 0 Å². The Hall–Kier alpha value is -1.28. The summed E-state index contributed by atoms with van der Waals surface area (Å²) < 4.78 is 5.89. The molecule has 0 bridgehead atoms. The van der Waals surface area contributed by atoms with Crippen molar-refractivity contribution in [3.8, 4) is 5.75 Å². The maximum Gasteiger partial charge on any atom is 0.188 e. The quantitative estimate of drug-likeness (QED) is 0.360. The van der Waals surface area contributed by atoms with Crippen LogP contribution in [0.4, 0.5) is 0 Å². The first-order valence-electron chi connectivity index (χ1n) is 8.08. The predicted molar refractivity (Wildman–Crippen MR) is 111 cm³/mol. The van der Waals surface area contributed by atoms with Gasteiger partial charge in [-0.05, 0) is 42.7 Å². The zero-order valence-corrected chi connectivity index (χ0v) is 16.8. The fourth-order valence-corrected chi connectivity index (χ4v) is 2.97. The first-order chi connectivity index (χ1) is 11.3. The highest BCUT2D eigenvalue weighted by Gasteiger charge is 2.22. The molecule has 1 aromatic heterocycles. The second-order valence-electron chi connectivity index (χ2n) is 5.82. The second-order valence-corrected chi connectivity index (χ2v) is 6.85. The lowest BCUT2D eigenvalue weighted by Crippen LogP contribution is -2.33. The van der Waals surface area contributed by atoms with Gasteiger partial charge in [0.15, 0.2) is 5.96 Å². The minimum absolute atomic E-state index is 0. The van der Waals surface area contributed by atoms with Crippen molar-refractivity contribution in [1.29, 1.82) is 0 Å². The Morgan fingerprint density at radius 1 is 1.25 bits per heavy atom. The van der Waals surface area contributed by atoms with Crippen LogP contribution in [0.1, 0.15) is 23.3 Å². The number of nitrogens with two attached hydrogens (primary N) is 1. The summed E-state index contributed by atoms with van der Waals surface area (Å²) in [6, 6.07) is 12.3. The molecule has 0 unspecified atom stereocenters. The summed E-state index contributed by atoms with van der Waals surface area (Å²) >= 11 is 1.76. The zero-order chi connectivity index (χ0) is 15.9. The first-order valence-corrected chi connectivity index (χ1v) is 8.96. The van der Waals surface area contributed by atoms with E-state index in [0.717, 1.165) is 36.8 Å². The monoisotopic (exact) mass is 457 g/mol. The van der Waals surface area contributed by atoms with E-state index >= 15 is 0 Å². The van der Waals surface area contributed by atoms with E-state index in [-0.39, 0.29) is 24.0 Å². The second kappa shape index (κ2) is 9.88. The molecule has 1 saturated carbocycles. The van der Waals surface area contributed by atoms with Gasteiger partial charge in [-0.15, -0.1) is 35.3 Å². The molecule has 24 heavy (non-hydrogen) atoms. The Labute approximate surface area is 164 Å². The van der Waals surface area contributed by atoms with Crippen molar-refractivity contribution in [2.45, 2.75) is 25.8 Å². The Bertz CT molecular complexity index is 641. The Morgan fingerprint density at radius 3 is 2.83 bits per heavy atom. The summed E-state index contributed by atoms with van der Waals surface area (Å²) in [5.74, 6) is 2.16. The molecular weight excluding hydrogens is 433 g/mol. The number of halogens is 1. The van der Waals surface area contributed by atoms with Crippen LogP contribution in [-0.2, 0) is 13.0 Å². The van der Waals surface area contributed by atoms with Crippen LogP contribution < -0.4 is 15.8 Å². The van der Waals surface area contributed by atoms with Crippen LogP contribution in [0.15, 0.2) is 46.8 Å². The molecule has 1 fully saturated rings. The van der Waals surface area contributed by atoms with Crippen LogP contribution in [0.25, 0.3) is 0 Å². The summed E-state index contributed by atoms with van der Waals surface area (Å²) in [6.45, 7) is 2.16. The van der Waals surface area contributed by atoms with Gasteiger partial charge in [0.05, 0.1) is 13.2 Å². The van der Waals surface area contributed by atoms with Gasteiger partial charge in [-0.3, -0.25) is 0 Å². The van der Waals surface area contributed by atoms with E-state index in [0.29, 0.717) is 12.5 Å². The number of rotatable bonds is 8. The number of thiophene rings is 1. The molecule has 1 aromatic carbocycles. The van der Waals surface area contributed by atoms with Gasteiger partial charge >= 0.3 is 0 Å². The van der Waals surface area contributed by atoms with Crippen LogP contribution in [0.2, 0.25) is 0 Å². The van der Waals surface area contributed by atoms with E-state index in [4.69, 9.17) is 10.5 Å². The van der Waals surface area contributed by atoms with E-state index in [9.17, 15) is 0 Å². The molecule has 3 rings (SSSR count). The highest BCUT2D eigenvalue weighted by Crippen LogP contribution is 2.30. The van der Waals surface area contributed by atoms with Gasteiger partial charge in [-0.2, -0.15) is 0 Å². The molecule has 1 aliphatic carbocycles. The van der Waals surface area contributed by atoms with Gasteiger partial charge in [0, 0.05) is 17.0 Å². The highest BCUT2D eigenvalue weighted by atomic mass is 127. The van der Waals surface area contributed by atoms with E-state index in [2.05, 4.69) is 27.8 Å². The molecule has 1 heterocycles. The highest BCUT2D eigenvalue weighted by molar-refractivity contribution is 14.0. The van der Waals surface area contributed by atoms with Crippen LogP contribution in [0, 0.1) is 5.92 Å². The Morgan fingerprint density at radius 2 is 2.08 bits per heavy atom. The largest absolute Gasteiger partial charge is 0.493 e. The lowest BCUT2D eigenvalue weighted by Gasteiger charge is -2.10. The van der Waals surface area contributed by atoms with Crippen molar-refractivity contribution in [2.75, 3.05) is 13.2 Å². The molecule has 0 atom stereocenters. The first kappa shape index (κ1) is 19.1. The summed E-state index contributed by atoms with van der Waals surface area (Å²) in [5, 5.41) is 5.25. The van der Waals surface area contributed by atoms with Crippen molar-refractivity contribution in [1.82, 2.24) is 5.32 Å². The van der Waals surface area contributed by atoms with E-state index < -0.39 is 0 Å². The van der Waals surface area contributed by atoms with Crippen LogP contribution in [0.5, 0.6) is 5.75 Å². The maximum atomic E-state index is 5.94. The summed E-state index contributed by atoms with van der Waals surface area (Å²) in [4.78, 5) is 5.77. The average Bonchev–Trinajstić information content (AvgIpc) is 3.26. The van der Waals surface area contributed by atoms with Crippen molar-refractivity contribution in [2.24, 2.45) is 16.6 Å². The van der Waals surface area contributed by atoms with Crippen molar-refractivity contribution in [3.63, 3.8) is 0 Å². The molecule has 0 saturated heterocycles. The van der Waals surface area contributed by atoms with Gasteiger partial charge in [0.2, 0.25) is 0 Å². The maximum absolute atomic E-state index is 5.94. The number of hydrogen-bond acceptors (Lipinski definition) is 3. The number of guanidine groups is 1. The molecular formula is C18H24IN3OS. The number of ether oxygens (including phenoxy) is 1. The van der Waals surface area contributed by atoms with E-state index in [1.807, 2.05) is 24.3 Å². The van der Waals surface area contributed by atoms with Crippen LogP contribution in [-0.4, -0.2) is 19.1 Å². The molecule has 2 aromatic rings. The Kier molecular flexibility index (Phi) is 7.84. The van der Waals surface area contributed by atoms with Crippen molar-refractivity contribution >= 4 is 41.3 Å². The molecule has 0 radical (unpaired) electrons. The number of benzene rings is 1. The minimum atomic E-state index is 0. The lowest BCUT2D eigenvalue weighted by atomic mass is 10.2. The molecule has 3 N–H and O–H groups in total. The standard InChI is InChI=1S/C18H23N3OS.HI/c19-18(20-10-9-16-5-3-11-23-16)21-12-15-4-1-2-6-17(15)22-13-14-7-8-14;/h1-6,11,14H,7-10,12-13H2,(H3,19,20,21);1H. The number of nitrogens with one attached hydrogen (secondary N) is 1. The third kappa shape index (κ3) is 6.32. The van der Waals surface area contributed by atoms with Gasteiger partial charge in [0.25, 0.3) is 0 Å². The summed E-state index contributed by atoms with van der Waals surface area (Å²) in [5.41, 5.74) is 7.02. The fourth-order valence-electron chi connectivity index (χ4n) is 2.26.